The summed E-state index contributed by atoms with van der Waals surface area (Å²) in [5, 5.41) is 0. The van der Waals surface area contributed by atoms with Crippen LogP contribution in [0.2, 0.25) is 0 Å². The summed E-state index contributed by atoms with van der Waals surface area (Å²) in [6.07, 6.45) is 13.0. The first kappa shape index (κ1) is 18.2. The minimum atomic E-state index is 0. The van der Waals surface area contributed by atoms with Gasteiger partial charge in [0.2, 0.25) is 0 Å². The summed E-state index contributed by atoms with van der Waals surface area (Å²) in [6, 6.07) is 14.7. The van der Waals surface area contributed by atoms with Crippen molar-refractivity contribution in [3.63, 3.8) is 0 Å². The molecule has 0 fully saturated rings. The number of rotatable bonds is 0. The van der Waals surface area contributed by atoms with Gasteiger partial charge in [-0.25, -0.2) is 0 Å². The van der Waals surface area contributed by atoms with Crippen molar-refractivity contribution in [2.75, 3.05) is 0 Å². The van der Waals surface area contributed by atoms with Crippen LogP contribution in [0.15, 0.2) is 116 Å². The Morgan fingerprint density at radius 1 is 0.286 bits per heavy atom. The lowest BCUT2D eigenvalue weighted by Crippen LogP contribution is -1.16. The molecule has 0 saturated heterocycles. The molecule has 0 spiro atoms. The second-order valence-corrected chi connectivity index (χ2v) is 3.17. The van der Waals surface area contributed by atoms with Crippen molar-refractivity contribution in [1.29, 1.82) is 0 Å². The average Bonchev–Trinajstić information content (AvgIpc) is 3.40. The fourth-order valence-corrected chi connectivity index (χ4v) is 0.907. The van der Waals surface area contributed by atoms with E-state index in [9.17, 15) is 0 Å². The van der Waals surface area contributed by atoms with E-state index in [-0.39, 0.29) is 8.41 Å². The maximum absolute atomic E-state index is 4.58. The molecule has 0 N–H and O–H groups in total. The Hall–Kier alpha value is -2.82. The van der Waals surface area contributed by atoms with Crippen molar-refractivity contribution >= 4 is 8.41 Å². The Morgan fingerprint density at radius 3 is 0.476 bits per heavy atom. The summed E-state index contributed by atoms with van der Waals surface area (Å²) < 4.78 is 18.3. The molecule has 4 heterocycles. The molecule has 0 unspecified atom stereocenters. The van der Waals surface area contributed by atoms with Gasteiger partial charge in [0.25, 0.3) is 0 Å². The van der Waals surface area contributed by atoms with E-state index in [0.29, 0.717) is 0 Å². The highest BCUT2D eigenvalue weighted by Crippen LogP contribution is 1.81. The first-order valence-electron chi connectivity index (χ1n) is 5.89. The van der Waals surface area contributed by atoms with Crippen molar-refractivity contribution in [2.45, 2.75) is 0 Å². The normalized spacial score (nSPS) is 7.62. The molecule has 4 rings (SSSR count). The van der Waals surface area contributed by atoms with Crippen molar-refractivity contribution in [2.24, 2.45) is 0 Å². The van der Waals surface area contributed by atoms with Gasteiger partial charge in [0.05, 0.1) is 58.5 Å². The van der Waals surface area contributed by atoms with Gasteiger partial charge in [-0.05, 0) is 48.5 Å². The Labute approximate surface area is 125 Å². The Balaban J connectivity index is 0.000000250. The highest BCUT2D eigenvalue weighted by atomic mass is 16.3. The average molecular weight is 286 g/mol. The second kappa shape index (κ2) is 15.2. The van der Waals surface area contributed by atoms with Crippen molar-refractivity contribution in [3.8, 4) is 0 Å². The standard InChI is InChI=1S/4C4H4O.BH3/c4*1-2-4-5-3-1;/h4*1-4H;1H3. The molecule has 0 radical (unpaired) electrons. The molecule has 0 amide bonds. The fourth-order valence-electron chi connectivity index (χ4n) is 0.907. The molecule has 4 nitrogen and oxygen atoms in total. The van der Waals surface area contributed by atoms with Gasteiger partial charge in [-0.15, -0.1) is 0 Å². The third kappa shape index (κ3) is 13.4. The molecule has 0 aliphatic rings. The lowest BCUT2D eigenvalue weighted by Gasteiger charge is -1.50. The minimum absolute atomic E-state index is 0. The monoisotopic (exact) mass is 286 g/mol. The van der Waals surface area contributed by atoms with Crippen molar-refractivity contribution < 1.29 is 17.7 Å². The van der Waals surface area contributed by atoms with Gasteiger partial charge >= 0.3 is 0 Å². The summed E-state index contributed by atoms with van der Waals surface area (Å²) in [5.41, 5.74) is 0. The summed E-state index contributed by atoms with van der Waals surface area (Å²) in [7, 11) is 0. The van der Waals surface area contributed by atoms with E-state index in [1.807, 2.05) is 48.5 Å². The minimum Gasteiger partial charge on any atom is -0.473 e. The summed E-state index contributed by atoms with van der Waals surface area (Å²) >= 11 is 0. The van der Waals surface area contributed by atoms with E-state index in [1.165, 1.54) is 0 Å². The third-order valence-electron chi connectivity index (χ3n) is 1.70. The summed E-state index contributed by atoms with van der Waals surface area (Å²) in [6.45, 7) is 0. The van der Waals surface area contributed by atoms with E-state index in [2.05, 4.69) is 17.7 Å². The Bertz CT molecular complexity index is 351. The summed E-state index contributed by atoms with van der Waals surface area (Å²) in [4.78, 5) is 0. The first-order valence-corrected chi connectivity index (χ1v) is 5.89. The van der Waals surface area contributed by atoms with Gasteiger partial charge in [-0.1, -0.05) is 0 Å². The second-order valence-electron chi connectivity index (χ2n) is 3.17. The van der Waals surface area contributed by atoms with E-state index in [1.54, 1.807) is 50.1 Å². The SMILES string of the molecule is B.c1ccoc1.c1ccoc1.c1ccoc1.c1ccoc1. The molecule has 4 aromatic heterocycles. The lowest BCUT2D eigenvalue weighted by atomic mass is 10.7. The number of hydrogen-bond acceptors (Lipinski definition) is 4. The summed E-state index contributed by atoms with van der Waals surface area (Å²) in [5.74, 6) is 0. The van der Waals surface area contributed by atoms with Crippen LogP contribution in [-0.2, 0) is 0 Å². The van der Waals surface area contributed by atoms with Gasteiger partial charge in [-0.2, -0.15) is 0 Å². The molecule has 5 heteroatoms. The molecular weight excluding hydrogens is 267 g/mol. The van der Waals surface area contributed by atoms with Crippen LogP contribution in [-0.4, -0.2) is 8.41 Å². The van der Waals surface area contributed by atoms with Crippen LogP contribution < -0.4 is 0 Å². The fraction of sp³-hybridized carbons (Fsp3) is 0. The Kier molecular flexibility index (Phi) is 13.2. The molecule has 4 aromatic rings. The largest absolute Gasteiger partial charge is 0.473 e. The molecule has 110 valence electrons. The zero-order chi connectivity index (χ0) is 14.1. The maximum Gasteiger partial charge on any atom is 0.0902 e. The quantitative estimate of drug-likeness (QED) is 0.459. The predicted molar refractivity (Wildman–Crippen MR) is 84.8 cm³/mol. The number of hydrogen-bond donors (Lipinski definition) is 0. The van der Waals surface area contributed by atoms with Crippen LogP contribution in [0.4, 0.5) is 0 Å². The highest BCUT2D eigenvalue weighted by Gasteiger charge is 1.60. The first-order chi connectivity index (χ1) is 10.0. The Morgan fingerprint density at radius 2 is 0.429 bits per heavy atom. The number of furan rings is 4. The molecule has 0 aliphatic heterocycles. The third-order valence-corrected chi connectivity index (χ3v) is 1.70. The van der Waals surface area contributed by atoms with Crippen LogP contribution in [0.1, 0.15) is 0 Å². The molecular formula is C16H19BO4. The van der Waals surface area contributed by atoms with Gasteiger partial charge in [0.15, 0.2) is 0 Å². The maximum atomic E-state index is 4.58. The predicted octanol–water partition coefficient (Wildman–Crippen LogP) is 3.93. The van der Waals surface area contributed by atoms with Crippen molar-refractivity contribution in [1.82, 2.24) is 0 Å². The smallest absolute Gasteiger partial charge is 0.0902 e. The van der Waals surface area contributed by atoms with E-state index in [0.717, 1.165) is 0 Å². The zero-order valence-electron chi connectivity index (χ0n) is 10.9. The van der Waals surface area contributed by atoms with Crippen LogP contribution in [0.5, 0.6) is 0 Å². The van der Waals surface area contributed by atoms with Gasteiger partial charge in [-0.3, -0.25) is 0 Å². The van der Waals surface area contributed by atoms with Crippen LogP contribution >= 0.6 is 0 Å². The van der Waals surface area contributed by atoms with Crippen LogP contribution in [0, 0.1) is 0 Å². The van der Waals surface area contributed by atoms with Gasteiger partial charge in [0.1, 0.15) is 0 Å². The lowest BCUT2D eigenvalue weighted by molar-refractivity contribution is 0.567. The van der Waals surface area contributed by atoms with E-state index < -0.39 is 0 Å². The molecule has 0 saturated carbocycles. The molecule has 0 aromatic carbocycles. The van der Waals surface area contributed by atoms with E-state index >= 15 is 0 Å². The highest BCUT2D eigenvalue weighted by molar-refractivity contribution is 5.75. The zero-order valence-corrected chi connectivity index (χ0v) is 10.9. The molecule has 0 aliphatic carbocycles. The van der Waals surface area contributed by atoms with Gasteiger partial charge < -0.3 is 17.7 Å². The molecule has 0 bridgehead atoms. The van der Waals surface area contributed by atoms with Crippen LogP contribution in [0.25, 0.3) is 0 Å². The van der Waals surface area contributed by atoms with E-state index in [4.69, 9.17) is 0 Å². The van der Waals surface area contributed by atoms with Crippen molar-refractivity contribution in [3.05, 3.63) is 98.6 Å². The van der Waals surface area contributed by atoms with Crippen LogP contribution in [0.3, 0.4) is 0 Å². The molecule has 0 atom stereocenters. The molecule has 21 heavy (non-hydrogen) atoms. The topological polar surface area (TPSA) is 52.6 Å². The van der Waals surface area contributed by atoms with Gasteiger partial charge in [0, 0.05) is 0 Å².